The third-order valence-electron chi connectivity index (χ3n) is 4.87. The van der Waals surface area contributed by atoms with Gasteiger partial charge in [-0.2, -0.15) is 0 Å². The Morgan fingerprint density at radius 3 is 2.61 bits per heavy atom. The lowest BCUT2D eigenvalue weighted by Gasteiger charge is -2.40. The molecule has 0 aliphatic carbocycles. The first-order valence-corrected chi connectivity index (χ1v) is 7.90. The lowest BCUT2D eigenvalue weighted by Crippen LogP contribution is -2.47. The third kappa shape index (κ3) is 2.10. The summed E-state index contributed by atoms with van der Waals surface area (Å²) < 4.78 is 6.35. The largest absolute Gasteiger partial charge is 0.393 e. The van der Waals surface area contributed by atoms with Gasteiger partial charge in [0.05, 0.1) is 17.9 Å². The van der Waals surface area contributed by atoms with Crippen LogP contribution in [0.2, 0.25) is 0 Å². The topological polar surface area (TPSA) is 49.8 Å². The van der Waals surface area contributed by atoms with Crippen LogP contribution in [0.1, 0.15) is 30.1 Å². The fourth-order valence-electron chi connectivity index (χ4n) is 3.79. The smallest absolute Gasteiger partial charge is 0.263 e. The van der Waals surface area contributed by atoms with E-state index in [4.69, 9.17) is 4.74 Å². The maximum atomic E-state index is 13.0. The molecule has 2 aromatic rings. The lowest BCUT2D eigenvalue weighted by molar-refractivity contribution is -0.180. The number of carbonyl (C=O) groups is 1. The van der Waals surface area contributed by atoms with Gasteiger partial charge in [0.1, 0.15) is 0 Å². The molecule has 4 rings (SSSR count). The summed E-state index contributed by atoms with van der Waals surface area (Å²) in [5, 5.41) is 10.4. The van der Waals surface area contributed by atoms with Crippen LogP contribution < -0.4 is 4.90 Å². The second kappa shape index (κ2) is 5.18. The molecule has 118 valence electrons. The van der Waals surface area contributed by atoms with E-state index in [9.17, 15) is 9.90 Å². The molecule has 3 atom stereocenters. The van der Waals surface area contributed by atoms with Crippen LogP contribution in [-0.4, -0.2) is 24.2 Å². The normalized spacial score (nSPS) is 29.8. The molecule has 0 saturated carbocycles. The maximum Gasteiger partial charge on any atom is 0.263 e. The number of fused-ring (bicyclic) bond motifs is 2. The summed E-state index contributed by atoms with van der Waals surface area (Å²) in [6.07, 6.45) is -0.0533. The summed E-state index contributed by atoms with van der Waals surface area (Å²) in [6, 6.07) is 17.5. The zero-order chi connectivity index (χ0) is 16.0. The molecule has 0 aromatic heterocycles. The number of amides is 1. The minimum absolute atomic E-state index is 0.0987. The molecule has 4 nitrogen and oxygen atoms in total. The minimum Gasteiger partial charge on any atom is -0.393 e. The molecule has 0 radical (unpaired) electrons. The van der Waals surface area contributed by atoms with Crippen molar-refractivity contribution >= 4 is 11.6 Å². The Hall–Kier alpha value is -2.17. The molecule has 1 fully saturated rings. The quantitative estimate of drug-likeness (QED) is 0.881. The van der Waals surface area contributed by atoms with E-state index in [0.29, 0.717) is 12.8 Å². The Morgan fingerprint density at radius 1 is 1.13 bits per heavy atom. The highest BCUT2D eigenvalue weighted by atomic mass is 16.5. The zero-order valence-electron chi connectivity index (χ0n) is 13.0. The molecule has 2 aliphatic rings. The van der Waals surface area contributed by atoms with Crippen LogP contribution in [-0.2, 0) is 15.1 Å². The van der Waals surface area contributed by atoms with Crippen LogP contribution in [0.25, 0.3) is 0 Å². The van der Waals surface area contributed by atoms with Crippen LogP contribution in [0.4, 0.5) is 5.69 Å². The summed E-state index contributed by atoms with van der Waals surface area (Å²) in [5.74, 6) is -0.0987. The molecule has 2 aliphatic heterocycles. The molecule has 1 N–H and O–H groups in total. The van der Waals surface area contributed by atoms with Crippen molar-refractivity contribution in [1.29, 1.82) is 0 Å². The van der Waals surface area contributed by atoms with Gasteiger partial charge < -0.3 is 14.7 Å². The van der Waals surface area contributed by atoms with Gasteiger partial charge in [0, 0.05) is 25.5 Å². The number of benzene rings is 2. The second-order valence-electron chi connectivity index (χ2n) is 6.32. The molecule has 2 heterocycles. The van der Waals surface area contributed by atoms with Crippen molar-refractivity contribution in [2.45, 2.75) is 30.7 Å². The van der Waals surface area contributed by atoms with Gasteiger partial charge >= 0.3 is 0 Å². The highest BCUT2D eigenvalue weighted by Crippen LogP contribution is 2.51. The van der Waals surface area contributed by atoms with E-state index in [-0.39, 0.29) is 12.0 Å². The third-order valence-corrected chi connectivity index (χ3v) is 4.87. The molecule has 2 aromatic carbocycles. The number of anilines is 1. The fourth-order valence-corrected chi connectivity index (χ4v) is 3.79. The summed E-state index contributed by atoms with van der Waals surface area (Å²) in [7, 11) is 1.76. The van der Waals surface area contributed by atoms with Gasteiger partial charge in [0.2, 0.25) is 0 Å². The molecule has 0 unspecified atom stereocenters. The average molecular weight is 309 g/mol. The van der Waals surface area contributed by atoms with Crippen molar-refractivity contribution in [1.82, 2.24) is 0 Å². The molecule has 1 spiro atoms. The second-order valence-corrected chi connectivity index (χ2v) is 6.32. The van der Waals surface area contributed by atoms with Crippen LogP contribution >= 0.6 is 0 Å². The van der Waals surface area contributed by atoms with Crippen LogP contribution in [0.3, 0.4) is 0 Å². The van der Waals surface area contributed by atoms with Crippen molar-refractivity contribution < 1.29 is 14.6 Å². The van der Waals surface area contributed by atoms with Crippen molar-refractivity contribution in [2.24, 2.45) is 0 Å². The summed E-state index contributed by atoms with van der Waals surface area (Å²) in [4.78, 5) is 14.6. The van der Waals surface area contributed by atoms with Gasteiger partial charge in [-0.1, -0.05) is 48.5 Å². The Morgan fingerprint density at radius 2 is 1.83 bits per heavy atom. The molecule has 1 saturated heterocycles. The van der Waals surface area contributed by atoms with Crippen molar-refractivity contribution in [2.75, 3.05) is 11.9 Å². The van der Waals surface area contributed by atoms with Gasteiger partial charge in [0.25, 0.3) is 5.91 Å². The SMILES string of the molecule is CN1C(=O)[C@]2(C[C@@H](O)C[C@H](c3ccccc3)O2)c2ccccc21. The Balaban J connectivity index is 1.80. The number of carbonyl (C=O) groups excluding carboxylic acids is 1. The molecular weight excluding hydrogens is 290 g/mol. The highest BCUT2D eigenvalue weighted by Gasteiger charge is 2.55. The summed E-state index contributed by atoms with van der Waals surface area (Å²) >= 11 is 0. The van der Waals surface area contributed by atoms with E-state index in [1.165, 1.54) is 0 Å². The van der Waals surface area contributed by atoms with Crippen molar-refractivity contribution in [3.8, 4) is 0 Å². The molecule has 23 heavy (non-hydrogen) atoms. The predicted molar refractivity (Wildman–Crippen MR) is 87.0 cm³/mol. The maximum absolute atomic E-state index is 13.0. The number of ether oxygens (including phenoxy) is 1. The lowest BCUT2D eigenvalue weighted by atomic mass is 9.83. The number of hydrogen-bond acceptors (Lipinski definition) is 3. The van der Waals surface area contributed by atoms with E-state index >= 15 is 0 Å². The van der Waals surface area contributed by atoms with Gasteiger partial charge in [-0.3, -0.25) is 4.79 Å². The zero-order valence-corrected chi connectivity index (χ0v) is 13.0. The summed E-state index contributed by atoms with van der Waals surface area (Å²) in [5.41, 5.74) is 1.62. The number of aliphatic hydroxyl groups excluding tert-OH is 1. The number of hydrogen-bond donors (Lipinski definition) is 1. The number of para-hydroxylation sites is 1. The molecule has 0 bridgehead atoms. The van der Waals surface area contributed by atoms with Crippen molar-refractivity contribution in [3.63, 3.8) is 0 Å². The van der Waals surface area contributed by atoms with Gasteiger partial charge in [-0.25, -0.2) is 0 Å². The highest BCUT2D eigenvalue weighted by molar-refractivity contribution is 6.06. The number of rotatable bonds is 1. The van der Waals surface area contributed by atoms with Gasteiger partial charge in [0.15, 0.2) is 5.60 Å². The van der Waals surface area contributed by atoms with Crippen molar-refractivity contribution in [3.05, 3.63) is 65.7 Å². The first-order chi connectivity index (χ1) is 11.1. The molecule has 1 amide bonds. The first kappa shape index (κ1) is 14.4. The van der Waals surface area contributed by atoms with E-state index in [0.717, 1.165) is 16.8 Å². The van der Waals surface area contributed by atoms with Crippen LogP contribution in [0.15, 0.2) is 54.6 Å². The average Bonchev–Trinajstić information content (AvgIpc) is 2.78. The van der Waals surface area contributed by atoms with Gasteiger partial charge in [-0.15, -0.1) is 0 Å². The number of nitrogens with zero attached hydrogens (tertiary/aromatic N) is 1. The first-order valence-electron chi connectivity index (χ1n) is 7.90. The Labute approximate surface area is 135 Å². The Bertz CT molecular complexity index is 745. The molecular formula is C19H19NO3. The van der Waals surface area contributed by atoms with Crippen LogP contribution in [0.5, 0.6) is 0 Å². The number of likely N-dealkylation sites (N-methyl/N-ethyl adjacent to an activating group) is 1. The monoisotopic (exact) mass is 309 g/mol. The van der Waals surface area contributed by atoms with Crippen LogP contribution in [0, 0.1) is 0 Å². The van der Waals surface area contributed by atoms with E-state index < -0.39 is 11.7 Å². The minimum atomic E-state index is -1.08. The Kier molecular flexibility index (Phi) is 3.25. The number of aliphatic hydroxyl groups is 1. The standard InChI is InChI=1S/C19H19NO3/c1-20-16-10-6-5-9-15(16)19(18(20)22)12-14(21)11-17(23-19)13-7-3-2-4-8-13/h2-10,14,17,21H,11-12H2,1H3/t14-,17+,19-/m0/s1. The summed E-state index contributed by atoms with van der Waals surface area (Å²) in [6.45, 7) is 0. The van der Waals surface area contributed by atoms with E-state index in [1.54, 1.807) is 11.9 Å². The molecule has 4 heteroatoms. The van der Waals surface area contributed by atoms with Gasteiger partial charge in [-0.05, 0) is 11.6 Å². The van der Waals surface area contributed by atoms with E-state index in [1.807, 2.05) is 54.6 Å². The predicted octanol–water partition coefficient (Wildman–Crippen LogP) is 2.77. The fraction of sp³-hybridized carbons (Fsp3) is 0.316. The van der Waals surface area contributed by atoms with E-state index in [2.05, 4.69) is 0 Å².